The van der Waals surface area contributed by atoms with Gasteiger partial charge in [0, 0.05) is 19.7 Å². The Morgan fingerprint density at radius 1 is 1.05 bits per heavy atom. The fraction of sp³-hybridized carbons (Fsp3) is 0. The number of aromatic nitrogens is 2. The molecule has 0 aliphatic carbocycles. The van der Waals surface area contributed by atoms with Crippen molar-refractivity contribution in [1.29, 1.82) is 0 Å². The van der Waals surface area contributed by atoms with Gasteiger partial charge in [-0.1, -0.05) is 41.9 Å². The third-order valence-corrected chi connectivity index (χ3v) is 4.12. The number of nitrogens with one attached hydrogen (secondary N) is 1. The molecule has 100 valence electrons. The monoisotopic (exact) mass is 395 g/mol. The Morgan fingerprint density at radius 3 is 2.45 bits per heavy atom. The van der Waals surface area contributed by atoms with Crippen molar-refractivity contribution in [3.8, 4) is 22.4 Å². The lowest BCUT2D eigenvalue weighted by Gasteiger charge is -2.07. The van der Waals surface area contributed by atoms with E-state index in [0.717, 1.165) is 22.4 Å². The van der Waals surface area contributed by atoms with Gasteiger partial charge in [-0.15, -0.1) is 0 Å². The van der Waals surface area contributed by atoms with E-state index in [1.54, 1.807) is 0 Å². The molecular formula is C15H11ClIN3. The Labute approximate surface area is 135 Å². The van der Waals surface area contributed by atoms with E-state index in [2.05, 4.69) is 32.8 Å². The summed E-state index contributed by atoms with van der Waals surface area (Å²) in [6, 6.07) is 15.8. The highest BCUT2D eigenvalue weighted by atomic mass is 127. The zero-order valence-corrected chi connectivity index (χ0v) is 13.3. The second kappa shape index (κ2) is 5.46. The van der Waals surface area contributed by atoms with E-state index >= 15 is 0 Å². The van der Waals surface area contributed by atoms with Gasteiger partial charge in [0.2, 0.25) is 0 Å². The number of nitrogen functional groups attached to an aromatic ring is 1. The van der Waals surface area contributed by atoms with Crippen molar-refractivity contribution < 1.29 is 0 Å². The summed E-state index contributed by atoms with van der Waals surface area (Å²) < 4.78 is 1.18. The van der Waals surface area contributed by atoms with Crippen LogP contribution in [-0.2, 0) is 0 Å². The van der Waals surface area contributed by atoms with Crippen LogP contribution in [-0.4, -0.2) is 10.2 Å². The summed E-state index contributed by atoms with van der Waals surface area (Å²) in [4.78, 5) is 0. The summed E-state index contributed by atoms with van der Waals surface area (Å²) in [5.74, 6) is 0.451. The minimum Gasteiger partial charge on any atom is -0.382 e. The van der Waals surface area contributed by atoms with Crippen LogP contribution in [0.3, 0.4) is 0 Å². The van der Waals surface area contributed by atoms with Crippen molar-refractivity contribution >= 4 is 40.0 Å². The molecule has 3 N–H and O–H groups in total. The molecule has 0 bridgehead atoms. The quantitative estimate of drug-likeness (QED) is 0.624. The normalized spacial score (nSPS) is 10.7. The van der Waals surface area contributed by atoms with E-state index in [-0.39, 0.29) is 0 Å². The van der Waals surface area contributed by atoms with Crippen molar-refractivity contribution in [3.63, 3.8) is 0 Å². The molecule has 3 rings (SSSR count). The third-order valence-electron chi connectivity index (χ3n) is 3.07. The molecule has 3 nitrogen and oxygen atoms in total. The molecule has 0 aliphatic rings. The Balaban J connectivity index is 2.20. The highest BCUT2D eigenvalue weighted by Crippen LogP contribution is 2.38. The van der Waals surface area contributed by atoms with Crippen molar-refractivity contribution in [3.05, 3.63) is 57.1 Å². The molecule has 1 heterocycles. The number of anilines is 1. The SMILES string of the molecule is Nc1n[nH]c(-c2ccc(I)cc2)c1-c1ccccc1Cl. The highest BCUT2D eigenvalue weighted by Gasteiger charge is 2.16. The molecule has 0 aliphatic heterocycles. The Morgan fingerprint density at radius 2 is 1.75 bits per heavy atom. The molecule has 0 saturated carbocycles. The lowest BCUT2D eigenvalue weighted by Crippen LogP contribution is -1.89. The van der Waals surface area contributed by atoms with Crippen molar-refractivity contribution in [2.24, 2.45) is 0 Å². The molecule has 0 atom stereocenters. The van der Waals surface area contributed by atoms with E-state index in [0.29, 0.717) is 10.8 Å². The topological polar surface area (TPSA) is 54.7 Å². The van der Waals surface area contributed by atoms with Gasteiger partial charge in [-0.05, 0) is 40.8 Å². The molecule has 5 heteroatoms. The molecule has 0 unspecified atom stereocenters. The van der Waals surface area contributed by atoms with Gasteiger partial charge in [0.25, 0.3) is 0 Å². The van der Waals surface area contributed by atoms with E-state index < -0.39 is 0 Å². The van der Waals surface area contributed by atoms with Crippen molar-refractivity contribution in [2.45, 2.75) is 0 Å². The first-order valence-corrected chi connectivity index (χ1v) is 7.47. The van der Waals surface area contributed by atoms with Crippen LogP contribution in [0.4, 0.5) is 5.82 Å². The molecular weight excluding hydrogens is 385 g/mol. The van der Waals surface area contributed by atoms with E-state index in [1.165, 1.54) is 3.57 Å². The standard InChI is InChI=1S/C15H11ClIN3/c16-12-4-2-1-3-11(12)13-14(19-20-15(13)18)9-5-7-10(17)8-6-9/h1-8H,(H3,18,19,20). The number of hydrogen-bond acceptors (Lipinski definition) is 2. The zero-order chi connectivity index (χ0) is 14.1. The van der Waals surface area contributed by atoms with Gasteiger partial charge in [0.05, 0.1) is 11.3 Å². The number of aromatic amines is 1. The van der Waals surface area contributed by atoms with Crippen LogP contribution in [0, 0.1) is 3.57 Å². The number of rotatable bonds is 2. The average molecular weight is 396 g/mol. The molecule has 2 aromatic carbocycles. The molecule has 20 heavy (non-hydrogen) atoms. The fourth-order valence-corrected chi connectivity index (χ4v) is 2.71. The lowest BCUT2D eigenvalue weighted by atomic mass is 10.0. The van der Waals surface area contributed by atoms with Gasteiger partial charge in [-0.3, -0.25) is 5.10 Å². The van der Waals surface area contributed by atoms with Gasteiger partial charge in [0.1, 0.15) is 0 Å². The summed E-state index contributed by atoms with van der Waals surface area (Å²) in [5, 5.41) is 7.78. The number of benzene rings is 2. The first kappa shape index (κ1) is 13.5. The number of nitrogens with zero attached hydrogens (tertiary/aromatic N) is 1. The maximum absolute atomic E-state index is 6.27. The molecule has 0 amide bonds. The van der Waals surface area contributed by atoms with Crippen LogP contribution < -0.4 is 5.73 Å². The van der Waals surface area contributed by atoms with E-state index in [9.17, 15) is 0 Å². The predicted octanol–water partition coefficient (Wildman–Crippen LogP) is 4.58. The lowest BCUT2D eigenvalue weighted by molar-refractivity contribution is 1.10. The largest absolute Gasteiger partial charge is 0.382 e. The first-order valence-electron chi connectivity index (χ1n) is 6.01. The molecule has 0 fully saturated rings. The van der Waals surface area contributed by atoms with E-state index in [4.69, 9.17) is 17.3 Å². The molecule has 0 radical (unpaired) electrons. The van der Waals surface area contributed by atoms with Crippen LogP contribution in [0.1, 0.15) is 0 Å². The summed E-state index contributed by atoms with van der Waals surface area (Å²) >= 11 is 8.55. The maximum Gasteiger partial charge on any atom is 0.153 e. The molecule has 1 aromatic heterocycles. The van der Waals surface area contributed by atoms with Crippen molar-refractivity contribution in [1.82, 2.24) is 10.2 Å². The predicted molar refractivity (Wildman–Crippen MR) is 91.6 cm³/mol. The summed E-state index contributed by atoms with van der Waals surface area (Å²) in [7, 11) is 0. The van der Waals surface area contributed by atoms with Gasteiger partial charge in [0.15, 0.2) is 5.82 Å². The number of hydrogen-bond donors (Lipinski definition) is 2. The second-order valence-electron chi connectivity index (χ2n) is 4.35. The average Bonchev–Trinajstić information content (AvgIpc) is 2.82. The first-order chi connectivity index (χ1) is 9.66. The van der Waals surface area contributed by atoms with Gasteiger partial charge in [-0.25, -0.2) is 0 Å². The number of H-pyrrole nitrogens is 1. The smallest absolute Gasteiger partial charge is 0.153 e. The van der Waals surface area contributed by atoms with Crippen LogP contribution in [0.5, 0.6) is 0 Å². The van der Waals surface area contributed by atoms with Gasteiger partial charge >= 0.3 is 0 Å². The van der Waals surface area contributed by atoms with Gasteiger partial charge in [-0.2, -0.15) is 5.10 Å². The molecule has 0 spiro atoms. The summed E-state index contributed by atoms with van der Waals surface area (Å²) in [5.41, 5.74) is 9.65. The van der Waals surface area contributed by atoms with Gasteiger partial charge < -0.3 is 5.73 Å². The van der Waals surface area contributed by atoms with Crippen LogP contribution in [0.15, 0.2) is 48.5 Å². The number of halogens is 2. The minimum absolute atomic E-state index is 0.451. The Hall–Kier alpha value is -1.53. The van der Waals surface area contributed by atoms with Crippen LogP contribution >= 0.6 is 34.2 Å². The molecule has 3 aromatic rings. The van der Waals surface area contributed by atoms with Crippen molar-refractivity contribution in [2.75, 3.05) is 5.73 Å². The number of nitrogens with two attached hydrogens (primary N) is 1. The van der Waals surface area contributed by atoms with Crippen LogP contribution in [0.25, 0.3) is 22.4 Å². The van der Waals surface area contributed by atoms with Crippen LogP contribution in [0.2, 0.25) is 5.02 Å². The second-order valence-corrected chi connectivity index (χ2v) is 6.00. The molecule has 0 saturated heterocycles. The Bertz CT molecular complexity index is 750. The summed E-state index contributed by atoms with van der Waals surface area (Å²) in [6.45, 7) is 0. The summed E-state index contributed by atoms with van der Waals surface area (Å²) in [6.07, 6.45) is 0. The minimum atomic E-state index is 0.451. The third kappa shape index (κ3) is 2.41. The zero-order valence-electron chi connectivity index (χ0n) is 10.4. The Kier molecular flexibility index (Phi) is 3.67. The highest BCUT2D eigenvalue weighted by molar-refractivity contribution is 14.1. The fourth-order valence-electron chi connectivity index (χ4n) is 2.12. The maximum atomic E-state index is 6.27. The van der Waals surface area contributed by atoms with E-state index in [1.807, 2.05) is 48.5 Å².